The van der Waals surface area contributed by atoms with Crippen LogP contribution in [0.4, 0.5) is 4.39 Å². The number of aliphatic hydroxyl groups excluding tert-OH is 1. The lowest BCUT2D eigenvalue weighted by molar-refractivity contribution is 0.277. The third-order valence-corrected chi connectivity index (χ3v) is 1.31. The van der Waals surface area contributed by atoms with E-state index in [1.54, 1.807) is 6.07 Å². The summed E-state index contributed by atoms with van der Waals surface area (Å²) in [6.07, 6.45) is 0. The largest absolute Gasteiger partial charge is 0.392 e. The van der Waals surface area contributed by atoms with Gasteiger partial charge in [-0.2, -0.15) is 0 Å². The molecule has 1 rings (SSSR count). The average Bonchev–Trinajstić information content (AvgIpc) is 1.88. The van der Waals surface area contributed by atoms with Crippen LogP contribution in [0.25, 0.3) is 0 Å². The summed E-state index contributed by atoms with van der Waals surface area (Å²) in [5, 5.41) is 8.58. The van der Waals surface area contributed by atoms with Gasteiger partial charge in [0.05, 0.1) is 6.61 Å². The maximum atomic E-state index is 12.6. The standard InChI is InChI=1S/C7H6BFO/c8-6-2-1-3-7(9)5(6)4-10/h1-3,10H,4H2. The molecule has 2 radical (unpaired) electrons. The second-order valence-electron chi connectivity index (χ2n) is 1.97. The van der Waals surface area contributed by atoms with Crippen molar-refractivity contribution in [3.05, 3.63) is 29.6 Å². The Morgan fingerprint density at radius 2 is 2.20 bits per heavy atom. The van der Waals surface area contributed by atoms with E-state index in [4.69, 9.17) is 13.0 Å². The van der Waals surface area contributed by atoms with Gasteiger partial charge in [-0.1, -0.05) is 17.6 Å². The summed E-state index contributed by atoms with van der Waals surface area (Å²) in [6.45, 7) is -0.349. The minimum atomic E-state index is -0.456. The van der Waals surface area contributed by atoms with Crippen molar-refractivity contribution in [2.24, 2.45) is 0 Å². The summed E-state index contributed by atoms with van der Waals surface area (Å²) in [4.78, 5) is 0. The first-order chi connectivity index (χ1) is 4.75. The van der Waals surface area contributed by atoms with Crippen molar-refractivity contribution >= 4 is 13.3 Å². The van der Waals surface area contributed by atoms with Crippen LogP contribution in [0.3, 0.4) is 0 Å². The Balaban J connectivity index is 3.17. The van der Waals surface area contributed by atoms with Crippen molar-refractivity contribution in [2.75, 3.05) is 0 Å². The number of hydrogen-bond donors (Lipinski definition) is 1. The highest BCUT2D eigenvalue weighted by Gasteiger charge is 2.00. The third-order valence-electron chi connectivity index (χ3n) is 1.31. The van der Waals surface area contributed by atoms with Crippen molar-refractivity contribution in [2.45, 2.75) is 6.61 Å². The average molecular weight is 136 g/mol. The van der Waals surface area contributed by atoms with Crippen LogP contribution < -0.4 is 5.46 Å². The molecule has 1 aromatic rings. The molecular weight excluding hydrogens is 130 g/mol. The Bertz CT molecular complexity index is 217. The summed E-state index contributed by atoms with van der Waals surface area (Å²) in [5.41, 5.74) is 0.463. The lowest BCUT2D eigenvalue weighted by Gasteiger charge is -2.01. The van der Waals surface area contributed by atoms with Gasteiger partial charge in [0.15, 0.2) is 0 Å². The van der Waals surface area contributed by atoms with Gasteiger partial charge >= 0.3 is 0 Å². The minimum Gasteiger partial charge on any atom is -0.392 e. The lowest BCUT2D eigenvalue weighted by atomic mass is 9.91. The number of rotatable bonds is 1. The monoisotopic (exact) mass is 136 g/mol. The molecule has 0 aliphatic heterocycles. The summed E-state index contributed by atoms with van der Waals surface area (Å²) >= 11 is 0. The molecule has 1 N–H and O–H groups in total. The second-order valence-corrected chi connectivity index (χ2v) is 1.97. The van der Waals surface area contributed by atoms with Gasteiger partial charge in [0.25, 0.3) is 0 Å². The molecule has 0 atom stereocenters. The van der Waals surface area contributed by atoms with E-state index < -0.39 is 5.82 Å². The Morgan fingerprint density at radius 1 is 1.50 bits per heavy atom. The summed E-state index contributed by atoms with van der Waals surface area (Å²) in [5.74, 6) is -0.456. The predicted molar refractivity (Wildman–Crippen MR) is 37.7 cm³/mol. The van der Waals surface area contributed by atoms with Crippen LogP contribution in [-0.4, -0.2) is 13.0 Å². The van der Waals surface area contributed by atoms with Crippen LogP contribution in [-0.2, 0) is 6.61 Å². The first kappa shape index (κ1) is 7.28. The quantitative estimate of drug-likeness (QED) is 0.543. The zero-order valence-electron chi connectivity index (χ0n) is 5.34. The van der Waals surface area contributed by atoms with E-state index in [9.17, 15) is 4.39 Å². The molecule has 0 bridgehead atoms. The molecule has 1 nitrogen and oxygen atoms in total. The molecule has 0 aromatic heterocycles. The molecule has 0 saturated heterocycles. The highest BCUT2D eigenvalue weighted by atomic mass is 19.1. The van der Waals surface area contributed by atoms with Gasteiger partial charge in [-0.3, -0.25) is 0 Å². The van der Waals surface area contributed by atoms with Crippen molar-refractivity contribution in [3.63, 3.8) is 0 Å². The van der Waals surface area contributed by atoms with E-state index in [2.05, 4.69) is 0 Å². The second kappa shape index (κ2) is 2.84. The molecule has 3 heteroatoms. The topological polar surface area (TPSA) is 20.2 Å². The first-order valence-electron chi connectivity index (χ1n) is 2.89. The van der Waals surface area contributed by atoms with Crippen LogP contribution >= 0.6 is 0 Å². The maximum Gasteiger partial charge on any atom is 0.128 e. The molecule has 0 fully saturated rings. The molecule has 0 saturated carbocycles. The van der Waals surface area contributed by atoms with E-state index in [-0.39, 0.29) is 12.2 Å². The molecule has 0 unspecified atom stereocenters. The highest BCUT2D eigenvalue weighted by Crippen LogP contribution is 2.01. The van der Waals surface area contributed by atoms with Crippen molar-refractivity contribution < 1.29 is 9.50 Å². The van der Waals surface area contributed by atoms with Crippen LogP contribution in [0, 0.1) is 5.82 Å². The number of hydrogen-bond acceptors (Lipinski definition) is 1. The summed E-state index contributed by atoms with van der Waals surface area (Å²) in [7, 11) is 5.33. The summed E-state index contributed by atoms with van der Waals surface area (Å²) in [6, 6.07) is 4.32. The van der Waals surface area contributed by atoms with Crippen LogP contribution in [0.5, 0.6) is 0 Å². The van der Waals surface area contributed by atoms with Crippen molar-refractivity contribution in [1.29, 1.82) is 0 Å². The van der Waals surface area contributed by atoms with E-state index in [1.807, 2.05) is 0 Å². The van der Waals surface area contributed by atoms with Crippen LogP contribution in [0.1, 0.15) is 5.56 Å². The fourth-order valence-electron chi connectivity index (χ4n) is 0.742. The van der Waals surface area contributed by atoms with E-state index in [1.165, 1.54) is 12.1 Å². The zero-order valence-corrected chi connectivity index (χ0v) is 5.34. The molecule has 1 aromatic carbocycles. The Labute approximate surface area is 59.9 Å². The normalized spacial score (nSPS) is 9.80. The van der Waals surface area contributed by atoms with Gasteiger partial charge in [0, 0.05) is 5.56 Å². The Hall–Kier alpha value is -0.825. The molecule has 10 heavy (non-hydrogen) atoms. The zero-order chi connectivity index (χ0) is 7.56. The maximum absolute atomic E-state index is 12.6. The molecule has 0 amide bonds. The first-order valence-corrected chi connectivity index (χ1v) is 2.89. The number of benzene rings is 1. The van der Waals surface area contributed by atoms with Gasteiger partial charge in [-0.05, 0) is 6.07 Å². The van der Waals surface area contributed by atoms with Crippen LogP contribution in [0.15, 0.2) is 18.2 Å². The fourth-order valence-corrected chi connectivity index (χ4v) is 0.742. The number of aliphatic hydroxyl groups is 1. The Morgan fingerprint density at radius 3 is 2.60 bits per heavy atom. The summed E-state index contributed by atoms with van der Waals surface area (Å²) < 4.78 is 12.6. The molecule has 0 aliphatic carbocycles. The molecular formula is C7H6BFO. The third kappa shape index (κ3) is 1.19. The lowest BCUT2D eigenvalue weighted by Crippen LogP contribution is -2.11. The molecule has 0 heterocycles. The predicted octanol–water partition coefficient (Wildman–Crippen LogP) is 0.112. The van der Waals surface area contributed by atoms with E-state index in [0.29, 0.717) is 5.46 Å². The molecule has 0 spiro atoms. The smallest absolute Gasteiger partial charge is 0.128 e. The van der Waals surface area contributed by atoms with Gasteiger partial charge < -0.3 is 5.11 Å². The van der Waals surface area contributed by atoms with Crippen molar-refractivity contribution in [1.82, 2.24) is 0 Å². The Kier molecular flexibility index (Phi) is 2.07. The number of halogens is 1. The van der Waals surface area contributed by atoms with Gasteiger partial charge in [0.1, 0.15) is 13.7 Å². The van der Waals surface area contributed by atoms with E-state index in [0.717, 1.165) is 0 Å². The SMILES string of the molecule is [B]c1cccc(F)c1CO. The molecule has 0 aliphatic rings. The van der Waals surface area contributed by atoms with Crippen LogP contribution in [0.2, 0.25) is 0 Å². The molecule has 50 valence electrons. The van der Waals surface area contributed by atoms with Gasteiger partial charge in [0.2, 0.25) is 0 Å². The fraction of sp³-hybridized carbons (Fsp3) is 0.143. The van der Waals surface area contributed by atoms with E-state index >= 15 is 0 Å². The van der Waals surface area contributed by atoms with Gasteiger partial charge in [-0.15, -0.1) is 0 Å². The van der Waals surface area contributed by atoms with Crippen molar-refractivity contribution in [3.8, 4) is 0 Å². The highest BCUT2D eigenvalue weighted by molar-refractivity contribution is 6.33. The van der Waals surface area contributed by atoms with Gasteiger partial charge in [-0.25, -0.2) is 4.39 Å². The minimum absolute atomic E-state index is 0.169.